The van der Waals surface area contributed by atoms with E-state index in [4.69, 9.17) is 0 Å². The molecular formula is C15H34N2. The van der Waals surface area contributed by atoms with Gasteiger partial charge in [0, 0.05) is 12.6 Å². The molecule has 0 aliphatic carbocycles. The molecule has 1 unspecified atom stereocenters. The first-order valence-electron chi connectivity index (χ1n) is 7.59. The molecule has 17 heavy (non-hydrogen) atoms. The van der Waals surface area contributed by atoms with Gasteiger partial charge in [-0.1, -0.05) is 34.6 Å². The van der Waals surface area contributed by atoms with Gasteiger partial charge in [-0.3, -0.25) is 0 Å². The molecule has 0 heterocycles. The standard InChI is InChI=1S/C15H34N2/c1-6-11-16-15(7-2)10-9-12-17(8-3)13-14(4)5/h14-16H,6-13H2,1-5H3. The van der Waals surface area contributed by atoms with E-state index in [1.165, 1.54) is 51.9 Å². The second kappa shape index (κ2) is 11.0. The van der Waals surface area contributed by atoms with Crippen molar-refractivity contribution in [3.05, 3.63) is 0 Å². The Morgan fingerprint density at radius 2 is 1.82 bits per heavy atom. The zero-order valence-electron chi connectivity index (χ0n) is 12.8. The lowest BCUT2D eigenvalue weighted by Crippen LogP contribution is -2.32. The number of hydrogen-bond acceptors (Lipinski definition) is 2. The third-order valence-corrected chi connectivity index (χ3v) is 3.27. The third kappa shape index (κ3) is 9.61. The molecule has 0 aromatic heterocycles. The van der Waals surface area contributed by atoms with Gasteiger partial charge in [-0.15, -0.1) is 0 Å². The SMILES string of the molecule is CCCNC(CC)CCCN(CC)CC(C)C. The van der Waals surface area contributed by atoms with Gasteiger partial charge in [-0.25, -0.2) is 0 Å². The van der Waals surface area contributed by atoms with Crippen LogP contribution in [-0.4, -0.2) is 37.1 Å². The van der Waals surface area contributed by atoms with Crippen molar-refractivity contribution in [1.29, 1.82) is 0 Å². The van der Waals surface area contributed by atoms with Crippen LogP contribution in [0.2, 0.25) is 0 Å². The van der Waals surface area contributed by atoms with Crippen molar-refractivity contribution < 1.29 is 0 Å². The second-order valence-corrected chi connectivity index (χ2v) is 5.49. The van der Waals surface area contributed by atoms with Crippen LogP contribution in [0.3, 0.4) is 0 Å². The van der Waals surface area contributed by atoms with Crippen LogP contribution in [0, 0.1) is 5.92 Å². The van der Waals surface area contributed by atoms with E-state index in [0.717, 1.165) is 12.0 Å². The highest BCUT2D eigenvalue weighted by atomic mass is 15.1. The summed E-state index contributed by atoms with van der Waals surface area (Å²) in [5.74, 6) is 0.787. The molecular weight excluding hydrogens is 208 g/mol. The maximum absolute atomic E-state index is 3.63. The van der Waals surface area contributed by atoms with E-state index < -0.39 is 0 Å². The molecule has 1 atom stereocenters. The number of nitrogens with zero attached hydrogens (tertiary/aromatic N) is 1. The monoisotopic (exact) mass is 242 g/mol. The smallest absolute Gasteiger partial charge is 0.00649 e. The van der Waals surface area contributed by atoms with E-state index in [-0.39, 0.29) is 0 Å². The predicted molar refractivity (Wildman–Crippen MR) is 78.6 cm³/mol. The maximum atomic E-state index is 3.63. The number of nitrogens with one attached hydrogen (secondary N) is 1. The van der Waals surface area contributed by atoms with Gasteiger partial charge in [0.15, 0.2) is 0 Å². The van der Waals surface area contributed by atoms with E-state index in [1.807, 2.05) is 0 Å². The molecule has 104 valence electrons. The van der Waals surface area contributed by atoms with E-state index in [1.54, 1.807) is 0 Å². The molecule has 0 radical (unpaired) electrons. The Morgan fingerprint density at radius 1 is 1.12 bits per heavy atom. The molecule has 0 aliphatic rings. The average molecular weight is 242 g/mol. The van der Waals surface area contributed by atoms with Crippen LogP contribution in [0.4, 0.5) is 0 Å². The highest BCUT2D eigenvalue weighted by Crippen LogP contribution is 2.05. The Hall–Kier alpha value is -0.0800. The van der Waals surface area contributed by atoms with Gasteiger partial charge in [0.05, 0.1) is 0 Å². The molecule has 0 spiro atoms. The van der Waals surface area contributed by atoms with Crippen LogP contribution in [-0.2, 0) is 0 Å². The third-order valence-electron chi connectivity index (χ3n) is 3.27. The first kappa shape index (κ1) is 16.9. The normalized spacial score (nSPS) is 13.6. The van der Waals surface area contributed by atoms with E-state index in [9.17, 15) is 0 Å². The van der Waals surface area contributed by atoms with Crippen LogP contribution >= 0.6 is 0 Å². The highest BCUT2D eigenvalue weighted by Gasteiger charge is 2.08. The molecule has 0 aromatic rings. The highest BCUT2D eigenvalue weighted by molar-refractivity contribution is 4.66. The van der Waals surface area contributed by atoms with Gasteiger partial charge in [0.25, 0.3) is 0 Å². The van der Waals surface area contributed by atoms with Gasteiger partial charge in [0.1, 0.15) is 0 Å². The predicted octanol–water partition coefficient (Wildman–Crippen LogP) is 3.52. The summed E-state index contributed by atoms with van der Waals surface area (Å²) >= 11 is 0. The topological polar surface area (TPSA) is 15.3 Å². The fourth-order valence-corrected chi connectivity index (χ4v) is 2.26. The lowest BCUT2D eigenvalue weighted by atomic mass is 10.1. The summed E-state index contributed by atoms with van der Waals surface area (Å²) in [4.78, 5) is 2.58. The maximum Gasteiger partial charge on any atom is 0.00649 e. The van der Waals surface area contributed by atoms with Crippen molar-refractivity contribution in [3.63, 3.8) is 0 Å². The molecule has 0 saturated carbocycles. The van der Waals surface area contributed by atoms with Crippen LogP contribution in [0.5, 0.6) is 0 Å². The van der Waals surface area contributed by atoms with Crippen molar-refractivity contribution in [3.8, 4) is 0 Å². The minimum absolute atomic E-state index is 0.729. The summed E-state index contributed by atoms with van der Waals surface area (Å²) in [6.45, 7) is 16.3. The van der Waals surface area contributed by atoms with Crippen LogP contribution in [0.1, 0.15) is 60.3 Å². The van der Waals surface area contributed by atoms with Gasteiger partial charge in [0.2, 0.25) is 0 Å². The van der Waals surface area contributed by atoms with Crippen molar-refractivity contribution in [1.82, 2.24) is 10.2 Å². The fourth-order valence-electron chi connectivity index (χ4n) is 2.26. The summed E-state index contributed by atoms with van der Waals surface area (Å²) in [7, 11) is 0. The summed E-state index contributed by atoms with van der Waals surface area (Å²) in [6.07, 6.45) is 5.15. The average Bonchev–Trinajstić information content (AvgIpc) is 2.31. The van der Waals surface area contributed by atoms with Crippen molar-refractivity contribution in [2.45, 2.75) is 66.3 Å². The molecule has 0 amide bonds. The quantitative estimate of drug-likeness (QED) is 0.596. The van der Waals surface area contributed by atoms with E-state index in [2.05, 4.69) is 44.8 Å². The Morgan fingerprint density at radius 3 is 2.29 bits per heavy atom. The van der Waals surface area contributed by atoms with Gasteiger partial charge in [-0.2, -0.15) is 0 Å². The van der Waals surface area contributed by atoms with E-state index >= 15 is 0 Å². The van der Waals surface area contributed by atoms with Gasteiger partial charge >= 0.3 is 0 Å². The molecule has 1 N–H and O–H groups in total. The summed E-state index contributed by atoms with van der Waals surface area (Å²) in [5, 5.41) is 3.63. The van der Waals surface area contributed by atoms with Crippen LogP contribution < -0.4 is 5.32 Å². The molecule has 0 aliphatic heterocycles. The number of rotatable bonds is 11. The molecule has 0 rings (SSSR count). The summed E-state index contributed by atoms with van der Waals surface area (Å²) < 4.78 is 0. The molecule has 0 bridgehead atoms. The minimum Gasteiger partial charge on any atom is -0.314 e. The zero-order chi connectivity index (χ0) is 13.1. The lowest BCUT2D eigenvalue weighted by molar-refractivity contribution is 0.246. The lowest BCUT2D eigenvalue weighted by Gasteiger charge is -2.24. The number of hydrogen-bond donors (Lipinski definition) is 1. The zero-order valence-corrected chi connectivity index (χ0v) is 12.8. The van der Waals surface area contributed by atoms with Crippen molar-refractivity contribution in [2.24, 2.45) is 5.92 Å². The molecule has 0 saturated heterocycles. The Balaban J connectivity index is 3.69. The summed E-state index contributed by atoms with van der Waals surface area (Å²) in [5.41, 5.74) is 0. The largest absolute Gasteiger partial charge is 0.314 e. The van der Waals surface area contributed by atoms with E-state index in [0.29, 0.717) is 0 Å². The van der Waals surface area contributed by atoms with Crippen molar-refractivity contribution >= 4 is 0 Å². The fraction of sp³-hybridized carbons (Fsp3) is 1.00. The Labute approximate surface area is 109 Å². The van der Waals surface area contributed by atoms with Crippen molar-refractivity contribution in [2.75, 3.05) is 26.2 Å². The van der Waals surface area contributed by atoms with Gasteiger partial charge < -0.3 is 10.2 Å². The van der Waals surface area contributed by atoms with Crippen LogP contribution in [0.15, 0.2) is 0 Å². The molecule has 0 aromatic carbocycles. The molecule has 2 nitrogen and oxygen atoms in total. The Bertz CT molecular complexity index is 157. The minimum atomic E-state index is 0.729. The van der Waals surface area contributed by atoms with Gasteiger partial charge in [-0.05, 0) is 51.2 Å². The first-order chi connectivity index (χ1) is 8.13. The Kier molecular flexibility index (Phi) is 11.0. The second-order valence-electron chi connectivity index (χ2n) is 5.49. The summed E-state index contributed by atoms with van der Waals surface area (Å²) in [6, 6.07) is 0.729. The van der Waals surface area contributed by atoms with Crippen LogP contribution in [0.25, 0.3) is 0 Å². The molecule has 0 fully saturated rings. The molecule has 2 heteroatoms. The first-order valence-corrected chi connectivity index (χ1v) is 7.59.